The van der Waals surface area contributed by atoms with E-state index in [0.717, 1.165) is 41.5 Å². The van der Waals surface area contributed by atoms with Crippen molar-refractivity contribution in [1.29, 1.82) is 0 Å². The Morgan fingerprint density at radius 2 is 0.720 bits per heavy atom. The van der Waals surface area contributed by atoms with E-state index >= 15 is 0 Å². The summed E-state index contributed by atoms with van der Waals surface area (Å²) in [6.45, 7) is 11.8. The molecule has 0 aliphatic heterocycles. The van der Waals surface area contributed by atoms with E-state index in [9.17, 15) is 92.2 Å². The van der Waals surface area contributed by atoms with Gasteiger partial charge in [-0.25, -0.2) is 0 Å². The third kappa shape index (κ3) is 80.9. The fraction of sp³-hybridized carbons (Fsp3) is 1.00. The molecule has 0 nitrogen and oxygen atoms in total. The normalized spacial score (nSPS) is 14.3. The highest BCUT2D eigenvalue weighted by atomic mass is 19.4. The van der Waals surface area contributed by atoms with Gasteiger partial charge in [-0.2, -0.15) is 92.2 Å². The monoisotopic (exact) mass is 801 g/mol. The summed E-state index contributed by atoms with van der Waals surface area (Å²) < 4.78 is 255. The average molecular weight is 802 g/mol. The molecule has 0 aliphatic carbocycles. The van der Waals surface area contributed by atoms with Gasteiger partial charge in [0, 0.05) is 41.6 Å². The van der Waals surface area contributed by atoms with Crippen molar-refractivity contribution in [3.8, 4) is 0 Å². The fourth-order valence-corrected chi connectivity index (χ4v) is 1.09. The van der Waals surface area contributed by atoms with Crippen LogP contribution in [0.4, 0.5) is 92.2 Å². The van der Waals surface area contributed by atoms with E-state index in [0.29, 0.717) is 6.42 Å². The lowest BCUT2D eigenvalue weighted by atomic mass is 10.1. The fourth-order valence-electron chi connectivity index (χ4n) is 1.09. The van der Waals surface area contributed by atoms with Crippen molar-refractivity contribution in [2.75, 3.05) is 0 Å². The highest BCUT2D eigenvalue weighted by molar-refractivity contribution is 4.58. The van der Waals surface area contributed by atoms with Gasteiger partial charge in [-0.15, -0.1) is 0 Å². The van der Waals surface area contributed by atoms with Crippen molar-refractivity contribution in [2.45, 2.75) is 170 Å². The number of rotatable bonds is 5. The quantitative estimate of drug-likeness (QED) is 0.243. The van der Waals surface area contributed by atoms with Crippen LogP contribution in [0.1, 0.15) is 131 Å². The first-order valence-electron chi connectivity index (χ1n) is 16.0. The standard InChI is InChI=1S/2C5H9F3.4C4H7F3.C3H5F3/c1-3-4(2)5(6,7)8;1-2-3-4-5(6,7)8;2*1-3(2)4(5,6)7;2*1-2-3-4(5,6)7;1-2-3(4,5)6/h4H,3H2,1-2H3;2-4H2,1H3;2*3H,1-2H3;2*2-3H2,1H3;2H2,1H3/i;;3D;;2D2;;. The van der Waals surface area contributed by atoms with Crippen LogP contribution < -0.4 is 0 Å². The molecule has 0 aliphatic rings. The van der Waals surface area contributed by atoms with Gasteiger partial charge in [-0.1, -0.05) is 75.7 Å². The molecule has 1 atom stereocenters. The molecule has 50 heavy (non-hydrogen) atoms. The van der Waals surface area contributed by atoms with E-state index in [1.165, 1.54) is 20.8 Å². The molecule has 0 aromatic carbocycles. The van der Waals surface area contributed by atoms with Crippen molar-refractivity contribution in [2.24, 2.45) is 17.7 Å². The van der Waals surface area contributed by atoms with Crippen LogP contribution in [-0.4, -0.2) is 43.2 Å². The highest BCUT2D eigenvalue weighted by Gasteiger charge is 2.34. The molecule has 0 spiro atoms. The Balaban J connectivity index is -0.0000000934. The van der Waals surface area contributed by atoms with Gasteiger partial charge in [0.2, 0.25) is 0 Å². The predicted molar refractivity (Wildman–Crippen MR) is 151 cm³/mol. The van der Waals surface area contributed by atoms with Gasteiger partial charge < -0.3 is 0 Å². The third-order valence-corrected chi connectivity index (χ3v) is 4.52. The first-order chi connectivity index (χ1) is 22.6. The Morgan fingerprint density at radius 3 is 0.740 bits per heavy atom. The Morgan fingerprint density at radius 1 is 0.440 bits per heavy atom. The zero-order valence-electron chi connectivity index (χ0n) is 32.2. The molecule has 0 rings (SSSR count). The first-order valence-corrected chi connectivity index (χ1v) is 14.5. The molecule has 0 radical (unpaired) electrons. The van der Waals surface area contributed by atoms with E-state index in [2.05, 4.69) is 0 Å². The van der Waals surface area contributed by atoms with Gasteiger partial charge in [0.15, 0.2) is 0 Å². The Bertz CT molecular complexity index is 782. The number of unbranched alkanes of at least 4 members (excludes halogenated alkanes) is 1. The molecule has 21 heteroatoms. The second-order valence-corrected chi connectivity index (χ2v) is 10.2. The minimum atomic E-state index is -4.40. The van der Waals surface area contributed by atoms with Crippen molar-refractivity contribution in [1.82, 2.24) is 0 Å². The number of alkyl halides is 21. The van der Waals surface area contributed by atoms with Gasteiger partial charge in [0.05, 0.1) is 5.92 Å². The lowest BCUT2D eigenvalue weighted by molar-refractivity contribution is -0.170. The molecule has 0 heterocycles. The number of hydrogen-bond donors (Lipinski definition) is 0. The summed E-state index contributed by atoms with van der Waals surface area (Å²) in [6.07, 6.45) is -33.0. The number of hydrogen-bond acceptors (Lipinski definition) is 0. The van der Waals surface area contributed by atoms with Crippen LogP contribution in [0.15, 0.2) is 0 Å². The second kappa shape index (κ2) is 30.0. The average Bonchev–Trinajstić information content (AvgIpc) is 2.83. The molecule has 0 amide bonds. The van der Waals surface area contributed by atoms with Crippen LogP contribution in [0, 0.1) is 17.7 Å². The minimum absolute atomic E-state index is 0.170. The maximum Gasteiger partial charge on any atom is 0.391 e. The van der Waals surface area contributed by atoms with E-state index in [1.807, 2.05) is 0 Å². The largest absolute Gasteiger partial charge is 0.391 e. The van der Waals surface area contributed by atoms with Crippen LogP contribution in [0.25, 0.3) is 0 Å². The summed E-state index contributed by atoms with van der Waals surface area (Å²) in [4.78, 5) is 0. The van der Waals surface area contributed by atoms with Crippen LogP contribution >= 0.6 is 0 Å². The Labute approximate surface area is 285 Å². The Kier molecular flexibility index (Phi) is 33.2. The molecule has 0 aromatic heterocycles. The maximum absolute atomic E-state index is 11.4. The van der Waals surface area contributed by atoms with E-state index in [1.54, 1.807) is 6.92 Å². The predicted octanol–water partition coefficient (Wildman–Crippen LogP) is 16.4. The van der Waals surface area contributed by atoms with Gasteiger partial charge in [-0.3, -0.25) is 0 Å². The smallest absolute Gasteiger partial charge is 0.171 e. The van der Waals surface area contributed by atoms with E-state index in [4.69, 9.17) is 4.11 Å². The lowest BCUT2D eigenvalue weighted by Gasteiger charge is -2.11. The van der Waals surface area contributed by atoms with Crippen molar-refractivity contribution in [3.05, 3.63) is 0 Å². The Hall–Kier alpha value is -1.47. The van der Waals surface area contributed by atoms with Crippen LogP contribution in [0.2, 0.25) is 0 Å². The summed E-state index contributed by atoms with van der Waals surface area (Å²) in [6, 6.07) is 0. The second-order valence-electron chi connectivity index (χ2n) is 10.2. The van der Waals surface area contributed by atoms with E-state index < -0.39 is 93.0 Å². The van der Waals surface area contributed by atoms with E-state index in [-0.39, 0.29) is 19.3 Å². The summed E-state index contributed by atoms with van der Waals surface area (Å²) in [5, 5.41) is 0. The number of halogens is 21. The van der Waals surface area contributed by atoms with Crippen LogP contribution in [0.3, 0.4) is 0 Å². The molecule has 0 N–H and O–H groups in total. The molecule has 0 saturated carbocycles. The van der Waals surface area contributed by atoms with Gasteiger partial charge in [0.25, 0.3) is 0 Å². The maximum atomic E-state index is 11.4. The van der Waals surface area contributed by atoms with Crippen molar-refractivity contribution >= 4 is 0 Å². The van der Waals surface area contributed by atoms with Crippen LogP contribution in [0.5, 0.6) is 0 Å². The zero-order chi connectivity index (χ0) is 45.3. The molecule has 0 aromatic rings. The first kappa shape index (κ1) is 55.3. The molecule has 0 bridgehead atoms. The van der Waals surface area contributed by atoms with Crippen LogP contribution in [-0.2, 0) is 0 Å². The summed E-state index contributed by atoms with van der Waals surface area (Å²) in [5.41, 5.74) is 0. The van der Waals surface area contributed by atoms with Gasteiger partial charge in [-0.05, 0) is 25.6 Å². The van der Waals surface area contributed by atoms with Gasteiger partial charge >= 0.3 is 43.2 Å². The lowest BCUT2D eigenvalue weighted by Crippen LogP contribution is -2.18. The summed E-state index contributed by atoms with van der Waals surface area (Å²) >= 11 is 0. The SMILES string of the molecule is CC(C)C(F)(F)F.CCC(C)C(F)(F)F.CCC(F)(F)F.CCCC(F)(F)F.CCCCC(F)(F)F.[2H]C(C)(C)C(F)(F)F.[2H]C([2H])(C)CC(F)(F)F. The molecule has 0 saturated heterocycles. The van der Waals surface area contributed by atoms with Gasteiger partial charge in [0.1, 0.15) is 0 Å². The van der Waals surface area contributed by atoms with Crippen molar-refractivity contribution in [3.63, 3.8) is 0 Å². The third-order valence-electron chi connectivity index (χ3n) is 4.52. The molecule has 0 fully saturated rings. The molecule has 1 unspecified atom stereocenters. The van der Waals surface area contributed by atoms with Crippen molar-refractivity contribution < 1.29 is 96.3 Å². The molecular weight excluding hydrogens is 747 g/mol. The zero-order valence-corrected chi connectivity index (χ0v) is 29.2. The molecular formula is C29H51F21. The minimum Gasteiger partial charge on any atom is -0.171 e. The topological polar surface area (TPSA) is 0 Å². The highest BCUT2D eigenvalue weighted by Crippen LogP contribution is 2.28. The summed E-state index contributed by atoms with van der Waals surface area (Å²) in [5.74, 6) is -4.66. The molecule has 314 valence electrons. The summed E-state index contributed by atoms with van der Waals surface area (Å²) in [7, 11) is 0.